The Balaban J connectivity index is 2.08. The largest absolute Gasteiger partial charge is 0.351 e. The van der Waals surface area contributed by atoms with Crippen LogP contribution in [0.5, 0.6) is 0 Å². The number of amides is 1. The second kappa shape index (κ2) is 8.86. The van der Waals surface area contributed by atoms with E-state index in [0.29, 0.717) is 0 Å². The zero-order chi connectivity index (χ0) is 19.3. The molecule has 26 heavy (non-hydrogen) atoms. The fourth-order valence-corrected chi connectivity index (χ4v) is 4.39. The SMILES string of the molecule is CCc1cccc(CC)c1Nc1nnc(SC(C)C(=O)NC(C)(C)C)s1. The van der Waals surface area contributed by atoms with Crippen LogP contribution in [0.1, 0.15) is 52.7 Å². The summed E-state index contributed by atoms with van der Waals surface area (Å²) in [7, 11) is 0. The van der Waals surface area contributed by atoms with Gasteiger partial charge in [0.1, 0.15) is 0 Å². The van der Waals surface area contributed by atoms with E-state index in [0.717, 1.165) is 28.0 Å². The van der Waals surface area contributed by atoms with Crippen LogP contribution in [-0.4, -0.2) is 26.9 Å². The van der Waals surface area contributed by atoms with E-state index >= 15 is 0 Å². The van der Waals surface area contributed by atoms with Gasteiger partial charge in [0.2, 0.25) is 11.0 Å². The van der Waals surface area contributed by atoms with Crippen LogP contribution in [0, 0.1) is 0 Å². The lowest BCUT2D eigenvalue weighted by Crippen LogP contribution is -2.44. The van der Waals surface area contributed by atoms with Crippen molar-refractivity contribution in [2.45, 2.75) is 69.5 Å². The summed E-state index contributed by atoms with van der Waals surface area (Å²) in [5.74, 6) is 0.0109. The molecule has 0 saturated heterocycles. The van der Waals surface area contributed by atoms with Crippen LogP contribution in [0.4, 0.5) is 10.8 Å². The maximum absolute atomic E-state index is 12.2. The molecule has 0 radical (unpaired) electrons. The van der Waals surface area contributed by atoms with Gasteiger partial charge in [0, 0.05) is 11.2 Å². The molecule has 1 aromatic carbocycles. The second-order valence-corrected chi connectivity index (χ2v) is 9.72. The first-order chi connectivity index (χ1) is 12.2. The smallest absolute Gasteiger partial charge is 0.233 e. The topological polar surface area (TPSA) is 66.9 Å². The average Bonchev–Trinajstić information content (AvgIpc) is 3.00. The molecule has 1 aromatic heterocycles. The number of benzene rings is 1. The average molecular weight is 393 g/mol. The van der Waals surface area contributed by atoms with Crippen molar-refractivity contribution < 1.29 is 4.79 Å². The minimum Gasteiger partial charge on any atom is -0.351 e. The maximum Gasteiger partial charge on any atom is 0.233 e. The Bertz CT molecular complexity index is 730. The lowest BCUT2D eigenvalue weighted by atomic mass is 10.0. The zero-order valence-corrected chi connectivity index (χ0v) is 18.0. The lowest BCUT2D eigenvalue weighted by Gasteiger charge is -2.22. The number of aromatic nitrogens is 2. The van der Waals surface area contributed by atoms with E-state index in [-0.39, 0.29) is 16.7 Å². The van der Waals surface area contributed by atoms with Crippen molar-refractivity contribution in [1.29, 1.82) is 0 Å². The Morgan fingerprint density at radius 3 is 2.35 bits per heavy atom. The van der Waals surface area contributed by atoms with Gasteiger partial charge < -0.3 is 10.6 Å². The summed E-state index contributed by atoms with van der Waals surface area (Å²) >= 11 is 2.92. The third kappa shape index (κ3) is 5.71. The normalized spacial score (nSPS) is 12.7. The number of carbonyl (C=O) groups excluding carboxylic acids is 1. The molecule has 1 atom stereocenters. The van der Waals surface area contributed by atoms with Crippen LogP contribution in [0.3, 0.4) is 0 Å². The molecule has 2 aromatic rings. The number of anilines is 2. The monoisotopic (exact) mass is 392 g/mol. The molecule has 0 fully saturated rings. The molecule has 1 amide bonds. The van der Waals surface area contributed by atoms with E-state index in [1.807, 2.05) is 27.7 Å². The summed E-state index contributed by atoms with van der Waals surface area (Å²) in [6.45, 7) is 12.1. The summed E-state index contributed by atoms with van der Waals surface area (Å²) in [5, 5.41) is 15.5. The molecular weight excluding hydrogens is 364 g/mol. The van der Waals surface area contributed by atoms with Gasteiger partial charge in [-0.1, -0.05) is 55.1 Å². The van der Waals surface area contributed by atoms with Crippen LogP contribution in [0.25, 0.3) is 0 Å². The molecule has 0 saturated carbocycles. The van der Waals surface area contributed by atoms with Crippen LogP contribution in [0.15, 0.2) is 22.5 Å². The summed E-state index contributed by atoms with van der Waals surface area (Å²) in [5.41, 5.74) is 3.43. The Hall–Kier alpha value is -1.60. The van der Waals surface area contributed by atoms with Crippen molar-refractivity contribution in [3.8, 4) is 0 Å². The van der Waals surface area contributed by atoms with Crippen LogP contribution in [0.2, 0.25) is 0 Å². The number of hydrogen-bond acceptors (Lipinski definition) is 6. The second-order valence-electron chi connectivity index (χ2n) is 7.16. The highest BCUT2D eigenvalue weighted by molar-refractivity contribution is 8.02. The zero-order valence-electron chi connectivity index (χ0n) is 16.3. The Morgan fingerprint density at radius 2 is 1.81 bits per heavy atom. The third-order valence-corrected chi connectivity index (χ3v) is 5.81. The summed E-state index contributed by atoms with van der Waals surface area (Å²) in [4.78, 5) is 12.2. The van der Waals surface area contributed by atoms with Gasteiger partial charge in [0.15, 0.2) is 4.34 Å². The van der Waals surface area contributed by atoms with Crippen LogP contribution < -0.4 is 10.6 Å². The minimum atomic E-state index is -0.236. The predicted molar refractivity (Wildman–Crippen MR) is 112 cm³/mol. The Labute approximate surface area is 164 Å². The molecule has 0 bridgehead atoms. The number of nitrogens with one attached hydrogen (secondary N) is 2. The van der Waals surface area contributed by atoms with Crippen molar-refractivity contribution in [3.05, 3.63) is 29.3 Å². The summed E-state index contributed by atoms with van der Waals surface area (Å²) < 4.78 is 0.788. The first-order valence-electron chi connectivity index (χ1n) is 8.93. The van der Waals surface area contributed by atoms with Gasteiger partial charge in [-0.2, -0.15) is 0 Å². The van der Waals surface area contributed by atoms with Crippen molar-refractivity contribution in [2.24, 2.45) is 0 Å². The van der Waals surface area contributed by atoms with Gasteiger partial charge >= 0.3 is 0 Å². The number of hydrogen-bond donors (Lipinski definition) is 2. The molecule has 142 valence electrons. The van der Waals surface area contributed by atoms with Crippen molar-refractivity contribution in [1.82, 2.24) is 15.5 Å². The van der Waals surface area contributed by atoms with E-state index in [4.69, 9.17) is 0 Å². The van der Waals surface area contributed by atoms with E-state index < -0.39 is 0 Å². The minimum absolute atomic E-state index is 0.0109. The molecular formula is C19H28N4OS2. The van der Waals surface area contributed by atoms with E-state index in [1.165, 1.54) is 34.2 Å². The molecule has 1 heterocycles. The highest BCUT2D eigenvalue weighted by Crippen LogP contribution is 2.33. The van der Waals surface area contributed by atoms with Gasteiger partial charge in [-0.05, 0) is 51.7 Å². The highest BCUT2D eigenvalue weighted by Gasteiger charge is 2.21. The standard InChI is InChI=1S/C19H28N4OS2/c1-7-13-10-9-11-14(8-2)15(13)20-17-22-23-18(26-17)25-12(3)16(24)21-19(4,5)6/h9-12H,7-8H2,1-6H3,(H,20,22)(H,21,24). The van der Waals surface area contributed by atoms with Gasteiger partial charge in [0.25, 0.3) is 0 Å². The highest BCUT2D eigenvalue weighted by atomic mass is 32.2. The number of carbonyl (C=O) groups is 1. The van der Waals surface area contributed by atoms with Crippen LogP contribution >= 0.6 is 23.1 Å². The number of thioether (sulfide) groups is 1. The molecule has 2 N–H and O–H groups in total. The van der Waals surface area contributed by atoms with Gasteiger partial charge in [-0.25, -0.2) is 0 Å². The Kier molecular flexibility index (Phi) is 7.06. The first-order valence-corrected chi connectivity index (χ1v) is 10.6. The molecule has 0 spiro atoms. The molecule has 5 nitrogen and oxygen atoms in total. The maximum atomic E-state index is 12.2. The molecule has 0 aliphatic carbocycles. The summed E-state index contributed by atoms with van der Waals surface area (Å²) in [6.07, 6.45) is 1.92. The van der Waals surface area contributed by atoms with Gasteiger partial charge in [-0.15, -0.1) is 10.2 Å². The van der Waals surface area contributed by atoms with Crippen molar-refractivity contribution in [2.75, 3.05) is 5.32 Å². The quantitative estimate of drug-likeness (QED) is 0.662. The van der Waals surface area contributed by atoms with Crippen molar-refractivity contribution in [3.63, 3.8) is 0 Å². The molecule has 1 unspecified atom stereocenters. The molecule has 7 heteroatoms. The molecule has 0 aliphatic rings. The first kappa shape index (κ1) is 20.7. The lowest BCUT2D eigenvalue weighted by molar-refractivity contribution is -0.121. The summed E-state index contributed by atoms with van der Waals surface area (Å²) in [6, 6.07) is 6.37. The predicted octanol–water partition coefficient (Wildman–Crippen LogP) is 4.80. The number of para-hydroxylation sites is 1. The van der Waals surface area contributed by atoms with Crippen LogP contribution in [-0.2, 0) is 17.6 Å². The Morgan fingerprint density at radius 1 is 1.19 bits per heavy atom. The number of aryl methyl sites for hydroxylation is 2. The van der Waals surface area contributed by atoms with E-state index in [2.05, 4.69) is 52.9 Å². The van der Waals surface area contributed by atoms with Gasteiger partial charge in [0.05, 0.1) is 5.25 Å². The fourth-order valence-electron chi connectivity index (χ4n) is 2.49. The molecule has 0 aliphatic heterocycles. The fraction of sp³-hybridized carbons (Fsp3) is 0.526. The van der Waals surface area contributed by atoms with Gasteiger partial charge in [-0.3, -0.25) is 4.79 Å². The third-order valence-electron chi connectivity index (χ3n) is 3.78. The van der Waals surface area contributed by atoms with E-state index in [9.17, 15) is 4.79 Å². The molecule has 2 rings (SSSR count). The number of rotatable bonds is 7. The number of nitrogens with zero attached hydrogens (tertiary/aromatic N) is 2. The van der Waals surface area contributed by atoms with Crippen molar-refractivity contribution >= 4 is 39.8 Å². The van der Waals surface area contributed by atoms with E-state index in [1.54, 1.807) is 0 Å².